The molecule has 1 fully saturated rings. The Bertz CT molecular complexity index is 1210. The van der Waals surface area contributed by atoms with Gasteiger partial charge in [-0.1, -0.05) is 44.3 Å². The summed E-state index contributed by atoms with van der Waals surface area (Å²) in [6.07, 6.45) is 2.18. The lowest BCUT2D eigenvalue weighted by Crippen LogP contribution is -2.13. The Labute approximate surface area is 156 Å². The average Bonchev–Trinajstić information content (AvgIpc) is 3.37. The highest BCUT2D eigenvalue weighted by Crippen LogP contribution is 2.32. The molecule has 4 aromatic rings. The number of aryl methyl sites for hydroxylation is 1. The Morgan fingerprint density at radius 1 is 1.15 bits per heavy atom. The van der Waals surface area contributed by atoms with E-state index in [0.717, 1.165) is 29.3 Å². The van der Waals surface area contributed by atoms with Crippen molar-refractivity contribution in [2.45, 2.75) is 35.7 Å². The molecule has 27 heavy (non-hydrogen) atoms. The fourth-order valence-corrected chi connectivity index (χ4v) is 4.31. The van der Waals surface area contributed by atoms with Crippen molar-refractivity contribution in [3.05, 3.63) is 54.1 Å². The van der Waals surface area contributed by atoms with E-state index in [1.807, 2.05) is 31.2 Å². The smallest absolute Gasteiger partial charge is 0.317 e. The van der Waals surface area contributed by atoms with Crippen molar-refractivity contribution in [2.75, 3.05) is 5.32 Å². The quantitative estimate of drug-likeness (QED) is 0.547. The Balaban J connectivity index is 1.75. The van der Waals surface area contributed by atoms with Crippen LogP contribution in [0.1, 0.15) is 18.4 Å². The van der Waals surface area contributed by atoms with E-state index < -0.39 is 10.2 Å². The third-order valence-corrected chi connectivity index (χ3v) is 6.39. The molecule has 2 aromatic carbocycles. The molecule has 2 aromatic heterocycles. The third kappa shape index (κ3) is 2.68. The molecule has 0 saturated heterocycles. The van der Waals surface area contributed by atoms with E-state index in [4.69, 9.17) is 0 Å². The first-order valence-corrected chi connectivity index (χ1v) is 10.2. The van der Waals surface area contributed by atoms with E-state index in [1.165, 1.54) is 4.52 Å². The summed E-state index contributed by atoms with van der Waals surface area (Å²) in [5.74, 6) is 0.670. The van der Waals surface area contributed by atoms with Crippen LogP contribution >= 0.6 is 0 Å². The second kappa shape index (κ2) is 5.83. The van der Waals surface area contributed by atoms with Crippen molar-refractivity contribution in [1.82, 2.24) is 19.8 Å². The van der Waals surface area contributed by atoms with Crippen LogP contribution in [0.15, 0.2) is 58.5 Å². The van der Waals surface area contributed by atoms with Crippen LogP contribution in [0.4, 0.5) is 5.82 Å². The van der Waals surface area contributed by atoms with Gasteiger partial charge in [0.15, 0.2) is 4.90 Å². The van der Waals surface area contributed by atoms with Crippen LogP contribution < -0.4 is 5.32 Å². The topological polar surface area (TPSA) is 95.2 Å². The first-order chi connectivity index (χ1) is 13.0. The van der Waals surface area contributed by atoms with Crippen molar-refractivity contribution < 1.29 is 8.76 Å². The van der Waals surface area contributed by atoms with Crippen LogP contribution in [-0.2, 0) is 14.4 Å². The van der Waals surface area contributed by atoms with Gasteiger partial charge in [-0.2, -0.15) is 4.52 Å². The lowest BCUT2D eigenvalue weighted by atomic mass is 10.2. The van der Waals surface area contributed by atoms with Gasteiger partial charge in [-0.25, -0.2) is 4.98 Å². The molecular formula is C19H17N5O2S. The average molecular weight is 379 g/mol. The molecule has 0 spiro atoms. The number of hydrogen-bond donors (Lipinski definition) is 1. The zero-order valence-electron chi connectivity index (χ0n) is 14.6. The van der Waals surface area contributed by atoms with Gasteiger partial charge in [-0.05, 0) is 44.0 Å². The van der Waals surface area contributed by atoms with Crippen molar-refractivity contribution in [3.63, 3.8) is 0 Å². The molecule has 5 rings (SSSR count). The lowest BCUT2D eigenvalue weighted by Gasteiger charge is -2.12. The number of benzene rings is 2. The molecule has 0 radical (unpaired) electrons. The second-order valence-corrected chi connectivity index (χ2v) is 8.71. The highest BCUT2D eigenvalue weighted by molar-refractivity contribution is 7.97. The number of aromatic nitrogens is 4. The summed E-state index contributed by atoms with van der Waals surface area (Å²) in [6, 6.07) is 14.7. The number of fused-ring (bicyclic) bond motifs is 3. The number of nitrogens with zero attached hydrogens (tertiary/aromatic N) is 4. The Kier molecular flexibility index (Phi) is 3.53. The van der Waals surface area contributed by atoms with Gasteiger partial charge in [-0.3, -0.25) is 0 Å². The normalized spacial score (nSPS) is 16.5. The fraction of sp³-hybridized carbons (Fsp3) is 0.211. The first kappa shape index (κ1) is 16.3. The van der Waals surface area contributed by atoms with Crippen LogP contribution in [-0.4, -0.2) is 30.4 Å². The minimum absolute atomic E-state index is 0.129. The number of nitrogens with one attached hydrogen (secondary N) is 1. The number of hydrogen-bond acceptors (Lipinski definition) is 6. The molecule has 1 unspecified atom stereocenters. The van der Waals surface area contributed by atoms with Gasteiger partial charge in [0.05, 0.1) is 5.52 Å². The minimum Gasteiger partial charge on any atom is -0.604 e. The van der Waals surface area contributed by atoms with E-state index in [0.29, 0.717) is 11.9 Å². The molecule has 8 heteroatoms. The van der Waals surface area contributed by atoms with E-state index in [9.17, 15) is 8.76 Å². The monoisotopic (exact) mass is 379 g/mol. The second-order valence-electron chi connectivity index (χ2n) is 6.84. The van der Waals surface area contributed by atoms with Crippen molar-refractivity contribution >= 4 is 32.6 Å². The number of para-hydroxylation sites is 1. The van der Waals surface area contributed by atoms with Gasteiger partial charge in [0.2, 0.25) is 5.65 Å². The van der Waals surface area contributed by atoms with Crippen LogP contribution in [0.5, 0.6) is 0 Å². The molecule has 0 amide bonds. The van der Waals surface area contributed by atoms with Crippen LogP contribution in [0.2, 0.25) is 0 Å². The van der Waals surface area contributed by atoms with Gasteiger partial charge >= 0.3 is 5.03 Å². The highest BCUT2D eigenvalue weighted by atomic mass is 32.3. The minimum atomic E-state index is -3.82. The Hall–Kier alpha value is -2.84. The number of sulfone groups is 1. The Morgan fingerprint density at radius 3 is 2.63 bits per heavy atom. The zero-order chi connectivity index (χ0) is 18.6. The maximum absolute atomic E-state index is 13.1. The summed E-state index contributed by atoms with van der Waals surface area (Å²) in [5.41, 5.74) is 1.99. The molecule has 2 heterocycles. The molecule has 1 aliphatic rings. The number of anilines is 1. The number of rotatable bonds is 4. The fourth-order valence-electron chi connectivity index (χ4n) is 3.08. The van der Waals surface area contributed by atoms with Gasteiger partial charge in [0.1, 0.15) is 16.0 Å². The van der Waals surface area contributed by atoms with Crippen LogP contribution in [0.3, 0.4) is 0 Å². The summed E-state index contributed by atoms with van der Waals surface area (Å²) in [4.78, 5) is 4.78. The molecule has 136 valence electrons. The van der Waals surface area contributed by atoms with Gasteiger partial charge in [0, 0.05) is 11.4 Å². The van der Waals surface area contributed by atoms with E-state index in [-0.39, 0.29) is 15.6 Å². The molecular weight excluding hydrogens is 362 g/mol. The highest BCUT2D eigenvalue weighted by Gasteiger charge is 2.33. The molecule has 0 aliphatic heterocycles. The molecule has 1 N–H and O–H groups in total. The summed E-state index contributed by atoms with van der Waals surface area (Å²) in [6.45, 7) is 1.91. The van der Waals surface area contributed by atoms with Gasteiger partial charge in [0.25, 0.3) is 0 Å². The van der Waals surface area contributed by atoms with Gasteiger partial charge < -0.3 is 9.87 Å². The zero-order valence-corrected chi connectivity index (χ0v) is 15.4. The summed E-state index contributed by atoms with van der Waals surface area (Å²) in [5, 5.41) is 12.2. The van der Waals surface area contributed by atoms with Crippen LogP contribution in [0, 0.1) is 6.92 Å². The standard InChI is InChI=1S/C19H17N5O2S/c1-12-6-10-14(11-7-12)27(25,26)19-18-21-17(20-13-8-9-13)15-4-2-3-5-16(15)24(18)23-22-19/h2-7,10-11,13H,8-9H2,1H3,(H-,20,21,25,26). The summed E-state index contributed by atoms with van der Waals surface area (Å²) >= 11 is 0. The maximum atomic E-state index is 13.1. The molecule has 7 nitrogen and oxygen atoms in total. The van der Waals surface area contributed by atoms with Crippen molar-refractivity contribution in [1.29, 1.82) is 0 Å². The Morgan fingerprint density at radius 2 is 1.89 bits per heavy atom. The molecule has 0 bridgehead atoms. The predicted octanol–water partition coefficient (Wildman–Crippen LogP) is 3.21. The third-order valence-electron chi connectivity index (χ3n) is 4.73. The van der Waals surface area contributed by atoms with E-state index >= 15 is 0 Å². The summed E-state index contributed by atoms with van der Waals surface area (Å²) in [7, 11) is -3.82. The largest absolute Gasteiger partial charge is 0.604 e. The molecule has 1 atom stereocenters. The summed E-state index contributed by atoms with van der Waals surface area (Å²) < 4.78 is 27.7. The van der Waals surface area contributed by atoms with E-state index in [2.05, 4.69) is 20.6 Å². The van der Waals surface area contributed by atoms with E-state index in [1.54, 1.807) is 24.3 Å². The van der Waals surface area contributed by atoms with Crippen molar-refractivity contribution in [3.8, 4) is 0 Å². The van der Waals surface area contributed by atoms with Gasteiger partial charge in [-0.15, -0.1) is 0 Å². The predicted molar refractivity (Wildman–Crippen MR) is 101 cm³/mol. The SMILES string of the molecule is Cc1ccc([S+](=O)([O-])c2nnn3c2nc(NC2CC2)c2ccccc23)cc1. The first-order valence-electron chi connectivity index (χ1n) is 8.76. The molecule has 1 saturated carbocycles. The van der Waals surface area contributed by atoms with Crippen molar-refractivity contribution in [2.24, 2.45) is 0 Å². The molecule has 1 aliphatic carbocycles. The maximum Gasteiger partial charge on any atom is 0.317 e. The van der Waals surface area contributed by atoms with Crippen LogP contribution in [0.25, 0.3) is 16.6 Å². The lowest BCUT2D eigenvalue weighted by molar-refractivity contribution is 0.475.